The van der Waals surface area contributed by atoms with Crippen LogP contribution in [0.2, 0.25) is 10.2 Å². The minimum absolute atomic E-state index is 0.0277. The van der Waals surface area contributed by atoms with Gasteiger partial charge >= 0.3 is 0 Å². The van der Waals surface area contributed by atoms with Gasteiger partial charge in [0.2, 0.25) is 5.91 Å². The fourth-order valence-electron chi connectivity index (χ4n) is 4.03. The highest BCUT2D eigenvalue weighted by molar-refractivity contribution is 6.41. The summed E-state index contributed by atoms with van der Waals surface area (Å²) >= 11 is 11.8. The molecule has 5 unspecified atom stereocenters. The second-order valence-corrected chi connectivity index (χ2v) is 7.44. The van der Waals surface area contributed by atoms with Crippen molar-refractivity contribution in [1.29, 1.82) is 0 Å². The molecule has 4 heterocycles. The Morgan fingerprint density at radius 3 is 2.80 bits per heavy atom. The molecule has 2 fully saturated rings. The lowest BCUT2D eigenvalue weighted by molar-refractivity contribution is -0.122. The predicted molar refractivity (Wildman–Crippen MR) is 95.8 cm³/mol. The number of anilines is 1. The van der Waals surface area contributed by atoms with Crippen LogP contribution in [0, 0.1) is 11.8 Å². The zero-order valence-corrected chi connectivity index (χ0v) is 15.0. The molecular formula is C18H17Cl2N3O2. The van der Waals surface area contributed by atoms with E-state index in [9.17, 15) is 4.79 Å². The van der Waals surface area contributed by atoms with Gasteiger partial charge in [0, 0.05) is 18.3 Å². The van der Waals surface area contributed by atoms with Crippen LogP contribution in [0.25, 0.3) is 0 Å². The highest BCUT2D eigenvalue weighted by Gasteiger charge is 2.55. The molecule has 2 bridgehead atoms. The van der Waals surface area contributed by atoms with Gasteiger partial charge in [0.25, 0.3) is 0 Å². The van der Waals surface area contributed by atoms with E-state index in [0.717, 1.165) is 12.0 Å². The van der Waals surface area contributed by atoms with E-state index in [1.165, 1.54) is 6.20 Å². The number of pyridine rings is 2. The third-order valence-electron chi connectivity index (χ3n) is 5.10. The quantitative estimate of drug-likeness (QED) is 0.822. The summed E-state index contributed by atoms with van der Waals surface area (Å²) in [6.45, 7) is 2.13. The van der Waals surface area contributed by atoms with Crippen LogP contribution >= 0.6 is 23.2 Å². The van der Waals surface area contributed by atoms with Crippen molar-refractivity contribution in [3.63, 3.8) is 0 Å². The number of ether oxygens (including phenoxy) is 1. The maximum atomic E-state index is 13.0. The number of amides is 1. The number of hydrogen-bond acceptors (Lipinski definition) is 4. The van der Waals surface area contributed by atoms with Crippen LogP contribution < -0.4 is 5.32 Å². The van der Waals surface area contributed by atoms with Crippen molar-refractivity contribution in [2.75, 3.05) is 5.32 Å². The summed E-state index contributed by atoms with van der Waals surface area (Å²) < 4.78 is 6.12. The van der Waals surface area contributed by atoms with Crippen molar-refractivity contribution in [3.05, 3.63) is 52.5 Å². The van der Waals surface area contributed by atoms with Gasteiger partial charge in [-0.2, -0.15) is 0 Å². The normalized spacial score (nSPS) is 30.4. The van der Waals surface area contributed by atoms with Gasteiger partial charge in [-0.3, -0.25) is 9.78 Å². The van der Waals surface area contributed by atoms with Crippen LogP contribution in [0.5, 0.6) is 0 Å². The first-order chi connectivity index (χ1) is 12.0. The topological polar surface area (TPSA) is 64.1 Å². The molecule has 2 aromatic rings. The smallest absolute Gasteiger partial charge is 0.230 e. The van der Waals surface area contributed by atoms with E-state index in [0.29, 0.717) is 16.6 Å². The number of carbonyl (C=O) groups is 1. The number of aromatic nitrogens is 2. The number of rotatable bonds is 3. The van der Waals surface area contributed by atoms with Gasteiger partial charge in [-0.05, 0) is 36.1 Å². The van der Waals surface area contributed by atoms with E-state index in [1.807, 2.05) is 12.1 Å². The highest BCUT2D eigenvalue weighted by atomic mass is 35.5. The van der Waals surface area contributed by atoms with Crippen molar-refractivity contribution in [1.82, 2.24) is 9.97 Å². The van der Waals surface area contributed by atoms with Crippen molar-refractivity contribution < 1.29 is 9.53 Å². The molecule has 4 rings (SSSR count). The van der Waals surface area contributed by atoms with Crippen LogP contribution in [0.4, 0.5) is 5.69 Å². The summed E-state index contributed by atoms with van der Waals surface area (Å²) in [6, 6.07) is 5.52. The molecule has 0 saturated carbocycles. The molecular weight excluding hydrogens is 361 g/mol. The lowest BCUT2D eigenvalue weighted by Crippen LogP contribution is -2.39. The number of nitrogens with one attached hydrogen (secondary N) is 1. The van der Waals surface area contributed by atoms with Gasteiger partial charge < -0.3 is 10.1 Å². The fraction of sp³-hybridized carbons (Fsp3) is 0.389. The van der Waals surface area contributed by atoms with E-state index in [4.69, 9.17) is 27.9 Å². The predicted octanol–water partition coefficient (Wildman–Crippen LogP) is 3.93. The molecule has 2 saturated heterocycles. The van der Waals surface area contributed by atoms with E-state index >= 15 is 0 Å². The summed E-state index contributed by atoms with van der Waals surface area (Å²) in [7, 11) is 0. The van der Waals surface area contributed by atoms with Gasteiger partial charge in [-0.25, -0.2) is 4.98 Å². The highest BCUT2D eigenvalue weighted by Crippen LogP contribution is 2.51. The van der Waals surface area contributed by atoms with E-state index < -0.39 is 0 Å². The number of carbonyl (C=O) groups excluding carboxylic acids is 1. The summed E-state index contributed by atoms with van der Waals surface area (Å²) in [5, 5.41) is 3.44. The monoisotopic (exact) mass is 377 g/mol. The standard InChI is InChI=1S/C18H17Cl2N3O2/c1-9-6-13-14(10-2-4-21-5-3-10)15(16(9)25-13)18(24)23-11-7-12(19)17(20)22-8-11/h2-5,7-9,13-16H,6H2,1H3,(H,23,24). The molecule has 0 aromatic carbocycles. The SMILES string of the molecule is CC1CC2OC1C(C(=O)Nc1cnc(Cl)c(Cl)c1)C2c1ccncc1. The Bertz CT molecular complexity index is 802. The molecule has 7 heteroatoms. The third-order valence-corrected chi connectivity index (χ3v) is 5.78. The minimum atomic E-state index is -0.259. The third kappa shape index (κ3) is 3.01. The molecule has 0 aliphatic carbocycles. The summed E-state index contributed by atoms with van der Waals surface area (Å²) in [5.41, 5.74) is 1.62. The van der Waals surface area contributed by atoms with Crippen molar-refractivity contribution in [2.24, 2.45) is 11.8 Å². The second kappa shape index (κ2) is 6.56. The van der Waals surface area contributed by atoms with Crippen molar-refractivity contribution >= 4 is 34.8 Å². The minimum Gasteiger partial charge on any atom is -0.373 e. The summed E-state index contributed by atoms with van der Waals surface area (Å²) in [6.07, 6.45) is 5.95. The zero-order chi connectivity index (χ0) is 17.6. The maximum absolute atomic E-state index is 13.0. The average Bonchev–Trinajstić information content (AvgIpc) is 3.16. The number of halogens is 2. The van der Waals surface area contributed by atoms with Crippen LogP contribution in [-0.4, -0.2) is 28.1 Å². The maximum Gasteiger partial charge on any atom is 0.230 e. The Kier molecular flexibility index (Phi) is 4.40. The van der Waals surface area contributed by atoms with Crippen LogP contribution in [0.1, 0.15) is 24.8 Å². The van der Waals surface area contributed by atoms with Crippen LogP contribution in [-0.2, 0) is 9.53 Å². The van der Waals surface area contributed by atoms with Crippen LogP contribution in [0.15, 0.2) is 36.8 Å². The number of hydrogen-bond donors (Lipinski definition) is 1. The van der Waals surface area contributed by atoms with Crippen molar-refractivity contribution in [3.8, 4) is 0 Å². The van der Waals surface area contributed by atoms with Crippen LogP contribution in [0.3, 0.4) is 0 Å². The first-order valence-electron chi connectivity index (χ1n) is 8.22. The molecule has 5 nitrogen and oxygen atoms in total. The molecule has 130 valence electrons. The lowest BCUT2D eigenvalue weighted by Gasteiger charge is -2.30. The molecule has 2 aliphatic rings. The van der Waals surface area contributed by atoms with Gasteiger partial charge in [0.05, 0.1) is 35.0 Å². The largest absolute Gasteiger partial charge is 0.373 e. The Morgan fingerprint density at radius 2 is 2.08 bits per heavy atom. The fourth-order valence-corrected chi connectivity index (χ4v) is 4.30. The molecule has 0 radical (unpaired) electrons. The second-order valence-electron chi connectivity index (χ2n) is 6.67. The van der Waals surface area contributed by atoms with Gasteiger partial charge in [0.15, 0.2) is 0 Å². The number of nitrogens with zero attached hydrogens (tertiary/aromatic N) is 2. The van der Waals surface area contributed by atoms with E-state index in [1.54, 1.807) is 18.5 Å². The van der Waals surface area contributed by atoms with E-state index in [-0.39, 0.29) is 35.1 Å². The van der Waals surface area contributed by atoms with Gasteiger partial charge in [-0.15, -0.1) is 0 Å². The summed E-state index contributed by atoms with van der Waals surface area (Å²) in [5.74, 6) is 0.0392. The molecule has 2 aliphatic heterocycles. The van der Waals surface area contributed by atoms with Gasteiger partial charge in [0.1, 0.15) is 5.15 Å². The van der Waals surface area contributed by atoms with Crippen molar-refractivity contribution in [2.45, 2.75) is 31.5 Å². The molecule has 0 spiro atoms. The van der Waals surface area contributed by atoms with E-state index in [2.05, 4.69) is 22.2 Å². The van der Waals surface area contributed by atoms with Gasteiger partial charge in [-0.1, -0.05) is 30.1 Å². The Balaban J connectivity index is 1.61. The Morgan fingerprint density at radius 1 is 1.32 bits per heavy atom. The number of fused-ring (bicyclic) bond motifs is 2. The first-order valence-corrected chi connectivity index (χ1v) is 8.97. The summed E-state index contributed by atoms with van der Waals surface area (Å²) in [4.78, 5) is 21.1. The lowest BCUT2D eigenvalue weighted by atomic mass is 9.71. The Hall–Kier alpha value is -1.69. The molecule has 5 atom stereocenters. The molecule has 1 amide bonds. The average molecular weight is 378 g/mol. The zero-order valence-electron chi connectivity index (χ0n) is 13.5. The molecule has 1 N–H and O–H groups in total. The molecule has 2 aromatic heterocycles. The first kappa shape index (κ1) is 16.8. The Labute approximate surface area is 155 Å². The molecule has 25 heavy (non-hydrogen) atoms.